The molecule has 1 saturated heterocycles. The Morgan fingerprint density at radius 3 is 2.19 bits per heavy atom. The van der Waals surface area contributed by atoms with Crippen LogP contribution < -0.4 is 0 Å². The molecule has 4 heteroatoms. The van der Waals surface area contributed by atoms with E-state index in [1.165, 1.54) is 0 Å². The van der Waals surface area contributed by atoms with Gasteiger partial charge < -0.3 is 14.2 Å². The number of ether oxygens (including phenoxy) is 3. The standard InChI is InChI=1S/C22H26O4/c1-17(2)20(23)22(14-24-13-18-9-5-3-6-10-18)15-25-21(26-16-22)19-11-7-4-8-12-19/h3-12,17,21H,13-16H2,1-2H3. The Bertz CT molecular complexity index is 683. The number of Topliss-reactive ketones (excluding diaryl/α,β-unsaturated/α-hetero) is 1. The van der Waals surface area contributed by atoms with Crippen molar-refractivity contribution < 1.29 is 19.0 Å². The number of carbonyl (C=O) groups is 1. The number of carbonyl (C=O) groups excluding carboxylic acids is 1. The summed E-state index contributed by atoms with van der Waals surface area (Å²) in [7, 11) is 0. The molecule has 0 N–H and O–H groups in total. The molecule has 0 amide bonds. The third kappa shape index (κ3) is 4.39. The summed E-state index contributed by atoms with van der Waals surface area (Å²) in [6.45, 7) is 5.18. The summed E-state index contributed by atoms with van der Waals surface area (Å²) in [5, 5.41) is 0. The number of rotatable bonds is 7. The molecule has 1 aliphatic heterocycles. The van der Waals surface area contributed by atoms with E-state index in [1.54, 1.807) is 0 Å². The molecule has 4 nitrogen and oxygen atoms in total. The molecule has 0 spiro atoms. The molecule has 3 rings (SSSR count). The van der Waals surface area contributed by atoms with Crippen molar-refractivity contribution in [1.29, 1.82) is 0 Å². The first-order valence-corrected chi connectivity index (χ1v) is 9.05. The maximum atomic E-state index is 12.9. The molecule has 1 heterocycles. The van der Waals surface area contributed by atoms with Crippen LogP contribution in [0, 0.1) is 11.3 Å². The average Bonchev–Trinajstić information content (AvgIpc) is 2.69. The Kier molecular flexibility index (Phi) is 6.20. The van der Waals surface area contributed by atoms with Gasteiger partial charge in [-0.1, -0.05) is 74.5 Å². The zero-order valence-corrected chi connectivity index (χ0v) is 15.4. The molecule has 0 saturated carbocycles. The highest BCUT2D eigenvalue weighted by Crippen LogP contribution is 2.34. The minimum Gasteiger partial charge on any atom is -0.376 e. The summed E-state index contributed by atoms with van der Waals surface area (Å²) in [5.74, 6) is 0.0212. The van der Waals surface area contributed by atoms with Crippen LogP contribution in [0.3, 0.4) is 0 Å². The molecule has 0 aliphatic carbocycles. The molecule has 0 atom stereocenters. The molecule has 0 radical (unpaired) electrons. The van der Waals surface area contributed by atoms with Crippen molar-refractivity contribution >= 4 is 5.78 Å². The van der Waals surface area contributed by atoms with Crippen molar-refractivity contribution in [3.05, 3.63) is 71.8 Å². The van der Waals surface area contributed by atoms with E-state index in [9.17, 15) is 4.79 Å². The fourth-order valence-electron chi connectivity index (χ4n) is 3.21. The van der Waals surface area contributed by atoms with Crippen molar-refractivity contribution in [3.8, 4) is 0 Å². The SMILES string of the molecule is CC(C)C(=O)C1(COCc2ccccc2)COC(c2ccccc2)OC1. The summed E-state index contributed by atoms with van der Waals surface area (Å²) < 4.78 is 17.8. The van der Waals surface area contributed by atoms with Gasteiger partial charge in [0, 0.05) is 11.5 Å². The molecule has 1 aliphatic rings. The Morgan fingerprint density at radius 1 is 1.04 bits per heavy atom. The van der Waals surface area contributed by atoms with Crippen molar-refractivity contribution in [2.45, 2.75) is 26.7 Å². The van der Waals surface area contributed by atoms with E-state index in [2.05, 4.69) is 0 Å². The lowest BCUT2D eigenvalue weighted by Gasteiger charge is -2.39. The molecule has 0 bridgehead atoms. The second-order valence-corrected chi connectivity index (χ2v) is 7.14. The molecule has 138 valence electrons. The highest BCUT2D eigenvalue weighted by Gasteiger charge is 2.45. The van der Waals surface area contributed by atoms with Crippen molar-refractivity contribution in [3.63, 3.8) is 0 Å². The van der Waals surface area contributed by atoms with Gasteiger partial charge in [0.1, 0.15) is 5.78 Å². The van der Waals surface area contributed by atoms with Gasteiger partial charge in [-0.25, -0.2) is 0 Å². The maximum Gasteiger partial charge on any atom is 0.183 e. The van der Waals surface area contributed by atoms with Crippen LogP contribution in [0.4, 0.5) is 0 Å². The minimum absolute atomic E-state index is 0.101. The molecule has 0 unspecified atom stereocenters. The lowest BCUT2D eigenvalue weighted by atomic mass is 9.80. The Hall–Kier alpha value is -2.01. The molecular weight excluding hydrogens is 328 g/mol. The smallest absolute Gasteiger partial charge is 0.183 e. The highest BCUT2D eigenvalue weighted by atomic mass is 16.7. The van der Waals surface area contributed by atoms with Gasteiger partial charge in [0.25, 0.3) is 0 Å². The zero-order chi connectivity index (χ0) is 18.4. The van der Waals surface area contributed by atoms with Crippen LogP contribution in [0.25, 0.3) is 0 Å². The summed E-state index contributed by atoms with van der Waals surface area (Å²) in [6, 6.07) is 19.7. The van der Waals surface area contributed by atoms with E-state index in [1.807, 2.05) is 74.5 Å². The monoisotopic (exact) mass is 354 g/mol. The van der Waals surface area contributed by atoms with E-state index in [0.717, 1.165) is 11.1 Å². The molecule has 26 heavy (non-hydrogen) atoms. The largest absolute Gasteiger partial charge is 0.376 e. The normalized spacial score (nSPS) is 23.1. The molecule has 2 aromatic carbocycles. The predicted molar refractivity (Wildman–Crippen MR) is 99.5 cm³/mol. The van der Waals surface area contributed by atoms with Gasteiger partial charge >= 0.3 is 0 Å². The Balaban J connectivity index is 1.65. The predicted octanol–water partition coefficient (Wildman–Crippen LogP) is 4.16. The van der Waals surface area contributed by atoms with E-state index in [0.29, 0.717) is 26.4 Å². The van der Waals surface area contributed by atoms with Crippen molar-refractivity contribution in [2.75, 3.05) is 19.8 Å². The van der Waals surface area contributed by atoms with E-state index in [-0.39, 0.29) is 11.7 Å². The molecule has 2 aromatic rings. The second kappa shape index (κ2) is 8.58. The second-order valence-electron chi connectivity index (χ2n) is 7.14. The average molecular weight is 354 g/mol. The summed E-state index contributed by atoms with van der Waals surface area (Å²) >= 11 is 0. The first-order valence-electron chi connectivity index (χ1n) is 9.05. The van der Waals surface area contributed by atoms with Gasteiger partial charge in [0.2, 0.25) is 0 Å². The molecular formula is C22H26O4. The summed E-state index contributed by atoms with van der Waals surface area (Å²) in [4.78, 5) is 12.9. The summed E-state index contributed by atoms with van der Waals surface area (Å²) in [5.41, 5.74) is 1.29. The number of hydrogen-bond donors (Lipinski definition) is 0. The van der Waals surface area contributed by atoms with Crippen LogP contribution in [0.5, 0.6) is 0 Å². The fourth-order valence-corrected chi connectivity index (χ4v) is 3.21. The lowest BCUT2D eigenvalue weighted by molar-refractivity contribution is -0.241. The fraction of sp³-hybridized carbons (Fsp3) is 0.409. The van der Waals surface area contributed by atoms with Gasteiger partial charge in [0.15, 0.2) is 6.29 Å². The third-order valence-corrected chi connectivity index (χ3v) is 4.63. The Morgan fingerprint density at radius 2 is 1.62 bits per heavy atom. The first kappa shape index (κ1) is 18.8. The quantitative estimate of drug-likeness (QED) is 0.749. The number of ketones is 1. The molecule has 0 aromatic heterocycles. The van der Waals surface area contributed by atoms with Gasteiger partial charge in [-0.2, -0.15) is 0 Å². The minimum atomic E-state index is -0.756. The van der Waals surface area contributed by atoms with E-state index in [4.69, 9.17) is 14.2 Å². The van der Waals surface area contributed by atoms with Gasteiger partial charge in [-0.05, 0) is 5.56 Å². The van der Waals surface area contributed by atoms with Crippen LogP contribution in [0.1, 0.15) is 31.3 Å². The van der Waals surface area contributed by atoms with E-state index >= 15 is 0 Å². The van der Waals surface area contributed by atoms with E-state index < -0.39 is 11.7 Å². The van der Waals surface area contributed by atoms with Crippen molar-refractivity contribution in [2.24, 2.45) is 11.3 Å². The topological polar surface area (TPSA) is 44.8 Å². The van der Waals surface area contributed by atoms with Gasteiger partial charge in [-0.3, -0.25) is 4.79 Å². The first-order chi connectivity index (χ1) is 12.6. The zero-order valence-electron chi connectivity index (χ0n) is 15.4. The maximum absolute atomic E-state index is 12.9. The van der Waals surface area contributed by atoms with Gasteiger partial charge in [-0.15, -0.1) is 0 Å². The number of benzene rings is 2. The third-order valence-electron chi connectivity index (χ3n) is 4.63. The van der Waals surface area contributed by atoms with Crippen LogP contribution in [-0.2, 0) is 25.6 Å². The van der Waals surface area contributed by atoms with Gasteiger partial charge in [0.05, 0.1) is 31.8 Å². The number of hydrogen-bond acceptors (Lipinski definition) is 4. The molecule has 1 fully saturated rings. The van der Waals surface area contributed by atoms with Crippen LogP contribution >= 0.6 is 0 Å². The highest BCUT2D eigenvalue weighted by molar-refractivity contribution is 5.87. The lowest BCUT2D eigenvalue weighted by Crippen LogP contribution is -2.50. The Labute approximate surface area is 155 Å². The van der Waals surface area contributed by atoms with Crippen LogP contribution in [-0.4, -0.2) is 25.6 Å². The van der Waals surface area contributed by atoms with Crippen molar-refractivity contribution in [1.82, 2.24) is 0 Å². The summed E-state index contributed by atoms with van der Waals surface area (Å²) in [6.07, 6.45) is -0.432. The van der Waals surface area contributed by atoms with Crippen LogP contribution in [0.2, 0.25) is 0 Å². The van der Waals surface area contributed by atoms with Crippen LogP contribution in [0.15, 0.2) is 60.7 Å².